The molecule has 0 saturated heterocycles. The summed E-state index contributed by atoms with van der Waals surface area (Å²) >= 11 is 0. The Hall–Kier alpha value is -1.21. The van der Waals surface area contributed by atoms with Crippen molar-refractivity contribution >= 4 is 33.3 Å². The number of hydrogen-bond donors (Lipinski definition) is 2. The van der Waals surface area contributed by atoms with Crippen LogP contribution < -0.4 is 10.0 Å². The molecule has 0 atom stereocenters. The number of para-hydroxylation sites is 1. The van der Waals surface area contributed by atoms with Gasteiger partial charge in [-0.1, -0.05) is 19.1 Å². The number of aryl methyl sites for hydroxylation is 1. The molecule has 0 unspecified atom stereocenters. The van der Waals surface area contributed by atoms with E-state index in [1.807, 2.05) is 26.0 Å². The van der Waals surface area contributed by atoms with E-state index in [0.29, 0.717) is 18.6 Å². The van der Waals surface area contributed by atoms with Gasteiger partial charge in [-0.3, -0.25) is 4.98 Å². The molecular formula is C14H20ClN3O2S. The Morgan fingerprint density at radius 1 is 1.24 bits per heavy atom. The Bertz CT molecular complexity index is 704. The predicted octanol–water partition coefficient (Wildman–Crippen LogP) is 1.85. The molecule has 0 aliphatic heterocycles. The third-order valence-electron chi connectivity index (χ3n) is 2.94. The number of pyridine rings is 1. The first-order valence-corrected chi connectivity index (χ1v) is 8.08. The van der Waals surface area contributed by atoms with Crippen LogP contribution in [0.2, 0.25) is 0 Å². The molecule has 0 spiro atoms. The normalized spacial score (nSPS) is 11.3. The van der Waals surface area contributed by atoms with Gasteiger partial charge >= 0.3 is 0 Å². The largest absolute Gasteiger partial charge is 0.316 e. The van der Waals surface area contributed by atoms with Gasteiger partial charge in [0.05, 0.1) is 5.52 Å². The summed E-state index contributed by atoms with van der Waals surface area (Å²) in [7, 11) is -3.53. The molecule has 0 radical (unpaired) electrons. The van der Waals surface area contributed by atoms with E-state index in [1.165, 1.54) is 0 Å². The van der Waals surface area contributed by atoms with E-state index in [2.05, 4.69) is 15.0 Å². The first-order chi connectivity index (χ1) is 9.54. The molecule has 1 aromatic carbocycles. The Morgan fingerprint density at radius 3 is 2.71 bits per heavy atom. The number of hydrogen-bond acceptors (Lipinski definition) is 4. The lowest BCUT2D eigenvalue weighted by atomic mass is 10.2. The maximum atomic E-state index is 12.3. The molecule has 2 N–H and O–H groups in total. The van der Waals surface area contributed by atoms with Crippen molar-refractivity contribution in [1.29, 1.82) is 0 Å². The lowest BCUT2D eigenvalue weighted by Crippen LogP contribution is -2.31. The molecule has 1 heterocycles. The third kappa shape index (κ3) is 4.38. The number of rotatable bonds is 6. The molecule has 21 heavy (non-hydrogen) atoms. The van der Waals surface area contributed by atoms with Crippen LogP contribution in [0.3, 0.4) is 0 Å². The van der Waals surface area contributed by atoms with Crippen LogP contribution in [0.25, 0.3) is 10.9 Å². The van der Waals surface area contributed by atoms with Crippen LogP contribution in [0.4, 0.5) is 0 Å². The number of halogens is 1. The zero-order valence-electron chi connectivity index (χ0n) is 12.1. The number of benzene rings is 1. The smallest absolute Gasteiger partial charge is 0.242 e. The maximum Gasteiger partial charge on any atom is 0.242 e. The first kappa shape index (κ1) is 17.8. The second-order valence-electron chi connectivity index (χ2n) is 4.59. The minimum atomic E-state index is -3.53. The van der Waals surface area contributed by atoms with Gasteiger partial charge in [0.15, 0.2) is 0 Å². The average Bonchev–Trinajstić information content (AvgIpc) is 2.42. The molecule has 0 fully saturated rings. The summed E-state index contributed by atoms with van der Waals surface area (Å²) < 4.78 is 27.2. The fourth-order valence-corrected chi connectivity index (χ4v) is 3.20. The average molecular weight is 330 g/mol. The molecule has 116 valence electrons. The molecule has 7 heteroatoms. The summed E-state index contributed by atoms with van der Waals surface area (Å²) in [5, 5.41) is 3.91. The van der Waals surface area contributed by atoms with Crippen LogP contribution in [-0.4, -0.2) is 33.0 Å². The number of aromatic nitrogens is 1. The summed E-state index contributed by atoms with van der Waals surface area (Å²) in [5.74, 6) is 0. The number of likely N-dealkylation sites (N-methyl/N-ethyl adjacent to an activating group) is 1. The molecule has 0 amide bonds. The zero-order valence-corrected chi connectivity index (χ0v) is 13.7. The van der Waals surface area contributed by atoms with Crippen molar-refractivity contribution in [3.05, 3.63) is 36.0 Å². The summed E-state index contributed by atoms with van der Waals surface area (Å²) in [5.41, 5.74) is 1.52. The Morgan fingerprint density at radius 2 is 2.00 bits per heavy atom. The van der Waals surface area contributed by atoms with E-state index in [4.69, 9.17) is 0 Å². The number of nitrogens with zero attached hydrogens (tertiary/aromatic N) is 1. The molecule has 0 aliphatic rings. The van der Waals surface area contributed by atoms with Gasteiger partial charge in [-0.15, -0.1) is 12.4 Å². The predicted molar refractivity (Wildman–Crippen MR) is 87.5 cm³/mol. The molecular weight excluding hydrogens is 310 g/mol. The van der Waals surface area contributed by atoms with E-state index < -0.39 is 10.0 Å². The van der Waals surface area contributed by atoms with E-state index in [-0.39, 0.29) is 17.3 Å². The van der Waals surface area contributed by atoms with E-state index >= 15 is 0 Å². The second-order valence-corrected chi connectivity index (χ2v) is 6.33. The van der Waals surface area contributed by atoms with Gasteiger partial charge in [0.1, 0.15) is 4.90 Å². The number of sulfonamides is 1. The minimum absolute atomic E-state index is 0. The number of fused-ring (bicyclic) bond motifs is 1. The van der Waals surface area contributed by atoms with Gasteiger partial charge in [0, 0.05) is 24.7 Å². The highest BCUT2D eigenvalue weighted by molar-refractivity contribution is 7.89. The van der Waals surface area contributed by atoms with E-state index in [1.54, 1.807) is 18.3 Å². The Labute approximate surface area is 131 Å². The van der Waals surface area contributed by atoms with Crippen LogP contribution >= 0.6 is 12.4 Å². The lowest BCUT2D eigenvalue weighted by Gasteiger charge is -2.09. The molecule has 0 saturated carbocycles. The van der Waals surface area contributed by atoms with Crippen molar-refractivity contribution < 1.29 is 8.42 Å². The number of nitrogens with one attached hydrogen (secondary N) is 2. The van der Waals surface area contributed by atoms with Gasteiger partial charge in [0.2, 0.25) is 10.0 Å². The van der Waals surface area contributed by atoms with Crippen molar-refractivity contribution in [2.75, 3.05) is 19.6 Å². The summed E-state index contributed by atoms with van der Waals surface area (Å²) in [6.45, 7) is 5.69. The maximum absolute atomic E-state index is 12.3. The Balaban J connectivity index is 0.00000220. The standard InChI is InChI=1S/C14H19N3O2S.ClH/c1-3-15-7-8-17-20(18,19)13-6-4-5-12-9-11(2)10-16-14(12)13;/h4-6,9-10,15,17H,3,7-8H2,1-2H3;1H. The van der Waals surface area contributed by atoms with Crippen molar-refractivity contribution in [3.8, 4) is 0 Å². The van der Waals surface area contributed by atoms with Crippen molar-refractivity contribution in [2.24, 2.45) is 0 Å². The van der Waals surface area contributed by atoms with Crippen molar-refractivity contribution in [3.63, 3.8) is 0 Å². The van der Waals surface area contributed by atoms with Gasteiger partial charge in [-0.2, -0.15) is 0 Å². The van der Waals surface area contributed by atoms with E-state index in [0.717, 1.165) is 17.5 Å². The van der Waals surface area contributed by atoms with Gasteiger partial charge in [-0.05, 0) is 31.2 Å². The fraction of sp³-hybridized carbons (Fsp3) is 0.357. The second kappa shape index (κ2) is 7.70. The SMILES string of the molecule is CCNCCNS(=O)(=O)c1cccc2cc(C)cnc12.Cl. The topological polar surface area (TPSA) is 71.1 Å². The monoisotopic (exact) mass is 329 g/mol. The summed E-state index contributed by atoms with van der Waals surface area (Å²) in [6, 6.07) is 7.12. The first-order valence-electron chi connectivity index (χ1n) is 6.60. The van der Waals surface area contributed by atoms with Crippen molar-refractivity contribution in [2.45, 2.75) is 18.7 Å². The minimum Gasteiger partial charge on any atom is -0.316 e. The molecule has 2 aromatic rings. The van der Waals surface area contributed by atoms with Crippen LogP contribution in [0.15, 0.2) is 35.4 Å². The van der Waals surface area contributed by atoms with Crippen LogP contribution in [-0.2, 0) is 10.0 Å². The Kier molecular flexibility index (Phi) is 6.54. The molecule has 1 aromatic heterocycles. The quantitative estimate of drug-likeness (QED) is 0.793. The lowest BCUT2D eigenvalue weighted by molar-refractivity contribution is 0.578. The highest BCUT2D eigenvalue weighted by Crippen LogP contribution is 2.21. The summed E-state index contributed by atoms with van der Waals surface area (Å²) in [6.07, 6.45) is 1.68. The zero-order chi connectivity index (χ0) is 14.6. The molecule has 5 nitrogen and oxygen atoms in total. The van der Waals surface area contributed by atoms with Crippen LogP contribution in [0, 0.1) is 6.92 Å². The fourth-order valence-electron chi connectivity index (χ4n) is 1.99. The highest BCUT2D eigenvalue weighted by atomic mass is 35.5. The summed E-state index contributed by atoms with van der Waals surface area (Å²) in [4.78, 5) is 4.48. The molecule has 0 bridgehead atoms. The van der Waals surface area contributed by atoms with Crippen LogP contribution in [0.5, 0.6) is 0 Å². The van der Waals surface area contributed by atoms with Crippen molar-refractivity contribution in [1.82, 2.24) is 15.0 Å². The molecule has 2 rings (SSSR count). The van der Waals surface area contributed by atoms with Crippen LogP contribution in [0.1, 0.15) is 12.5 Å². The van der Waals surface area contributed by atoms with Gasteiger partial charge in [0.25, 0.3) is 0 Å². The van der Waals surface area contributed by atoms with Gasteiger partial charge < -0.3 is 5.32 Å². The van der Waals surface area contributed by atoms with Gasteiger partial charge in [-0.25, -0.2) is 13.1 Å². The third-order valence-corrected chi connectivity index (χ3v) is 4.44. The highest BCUT2D eigenvalue weighted by Gasteiger charge is 2.17. The van der Waals surface area contributed by atoms with E-state index in [9.17, 15) is 8.42 Å². The molecule has 0 aliphatic carbocycles.